The molecular formula is C17H14ClN3OS2. The van der Waals surface area contributed by atoms with Crippen LogP contribution in [0, 0.1) is 6.92 Å². The molecular weight excluding hydrogens is 362 g/mol. The fourth-order valence-corrected chi connectivity index (χ4v) is 3.87. The molecule has 3 rings (SSSR count). The zero-order valence-electron chi connectivity index (χ0n) is 12.8. The van der Waals surface area contributed by atoms with Gasteiger partial charge < -0.3 is 0 Å². The van der Waals surface area contributed by atoms with Gasteiger partial charge in [-0.1, -0.05) is 64.5 Å². The van der Waals surface area contributed by atoms with Crippen LogP contribution in [0.2, 0.25) is 5.02 Å². The van der Waals surface area contributed by atoms with Gasteiger partial charge in [-0.15, -0.1) is 10.2 Å². The second-order valence-electron chi connectivity index (χ2n) is 5.11. The quantitative estimate of drug-likeness (QED) is 0.501. The minimum Gasteiger partial charge on any atom is -0.296 e. The largest absolute Gasteiger partial charge is 0.296 e. The van der Waals surface area contributed by atoms with Crippen molar-refractivity contribution in [1.29, 1.82) is 0 Å². The molecule has 0 aliphatic rings. The molecule has 1 N–H and O–H groups in total. The summed E-state index contributed by atoms with van der Waals surface area (Å²) in [6.45, 7) is 1.98. The van der Waals surface area contributed by atoms with Gasteiger partial charge >= 0.3 is 0 Å². The fourth-order valence-electron chi connectivity index (χ4n) is 1.96. The summed E-state index contributed by atoms with van der Waals surface area (Å²) in [4.78, 5) is 12.2. The Bertz CT molecular complexity index is 849. The minimum absolute atomic E-state index is 0.183. The lowest BCUT2D eigenvalue weighted by Crippen LogP contribution is -2.11. The molecule has 7 heteroatoms. The molecule has 0 aliphatic heterocycles. The number of hydrogen-bond donors (Lipinski definition) is 1. The zero-order chi connectivity index (χ0) is 16.9. The number of carbonyl (C=O) groups is 1. The average Bonchev–Trinajstić information content (AvgIpc) is 3.01. The number of anilines is 1. The zero-order valence-corrected chi connectivity index (χ0v) is 15.2. The van der Waals surface area contributed by atoms with Crippen molar-refractivity contribution in [2.75, 3.05) is 5.32 Å². The predicted octanol–water partition coefficient (Wildman–Crippen LogP) is 5.04. The Kier molecular flexibility index (Phi) is 5.50. The molecule has 24 heavy (non-hydrogen) atoms. The van der Waals surface area contributed by atoms with Gasteiger partial charge in [0.1, 0.15) is 0 Å². The van der Waals surface area contributed by atoms with E-state index in [1.54, 1.807) is 23.9 Å². The number of rotatable bonds is 5. The van der Waals surface area contributed by atoms with Crippen molar-refractivity contribution in [2.45, 2.75) is 17.0 Å². The fraction of sp³-hybridized carbons (Fsp3) is 0.118. The third-order valence-electron chi connectivity index (χ3n) is 3.19. The number of aryl methyl sites for hydroxylation is 1. The van der Waals surface area contributed by atoms with Crippen LogP contribution in [0.15, 0.2) is 52.9 Å². The Morgan fingerprint density at radius 2 is 2.00 bits per heavy atom. The van der Waals surface area contributed by atoms with Gasteiger partial charge in [-0.05, 0) is 36.8 Å². The monoisotopic (exact) mass is 375 g/mol. The maximum absolute atomic E-state index is 12.2. The molecule has 0 atom stereocenters. The van der Waals surface area contributed by atoms with Gasteiger partial charge in [-0.2, -0.15) is 0 Å². The lowest BCUT2D eigenvalue weighted by atomic mass is 10.1. The summed E-state index contributed by atoms with van der Waals surface area (Å²) in [6.07, 6.45) is 0. The minimum atomic E-state index is -0.183. The molecule has 0 saturated heterocycles. The third kappa shape index (κ3) is 4.56. The second-order valence-corrected chi connectivity index (χ2v) is 7.75. The molecule has 1 amide bonds. The van der Waals surface area contributed by atoms with Gasteiger partial charge in [-0.3, -0.25) is 10.1 Å². The van der Waals surface area contributed by atoms with Crippen LogP contribution >= 0.6 is 34.7 Å². The molecule has 1 heterocycles. The number of benzene rings is 2. The molecule has 2 aromatic carbocycles. The summed E-state index contributed by atoms with van der Waals surface area (Å²) in [5.41, 5.74) is 2.83. The van der Waals surface area contributed by atoms with Crippen molar-refractivity contribution in [3.05, 3.63) is 70.2 Å². The Hall–Kier alpha value is -1.89. The van der Waals surface area contributed by atoms with Gasteiger partial charge in [0, 0.05) is 16.3 Å². The van der Waals surface area contributed by atoms with E-state index in [1.807, 2.05) is 43.3 Å². The van der Waals surface area contributed by atoms with E-state index in [1.165, 1.54) is 11.3 Å². The lowest BCUT2D eigenvalue weighted by Gasteiger charge is -2.01. The third-order valence-corrected chi connectivity index (χ3v) is 5.47. The van der Waals surface area contributed by atoms with E-state index < -0.39 is 0 Å². The second kappa shape index (κ2) is 7.79. The first-order valence-electron chi connectivity index (χ1n) is 7.19. The van der Waals surface area contributed by atoms with Crippen LogP contribution in [0.1, 0.15) is 21.5 Å². The average molecular weight is 376 g/mol. The van der Waals surface area contributed by atoms with E-state index in [0.717, 1.165) is 26.2 Å². The molecule has 0 aliphatic carbocycles. The van der Waals surface area contributed by atoms with Gasteiger partial charge in [0.2, 0.25) is 5.13 Å². The summed E-state index contributed by atoms with van der Waals surface area (Å²) in [5.74, 6) is 0.568. The predicted molar refractivity (Wildman–Crippen MR) is 100 cm³/mol. The van der Waals surface area contributed by atoms with Crippen LogP contribution < -0.4 is 5.32 Å². The number of carbonyl (C=O) groups excluding carboxylic acids is 1. The van der Waals surface area contributed by atoms with Gasteiger partial charge in [0.05, 0.1) is 0 Å². The van der Waals surface area contributed by atoms with Crippen molar-refractivity contribution in [3.8, 4) is 0 Å². The van der Waals surface area contributed by atoms with Crippen molar-refractivity contribution >= 4 is 45.7 Å². The molecule has 0 unspecified atom stereocenters. The van der Waals surface area contributed by atoms with Crippen molar-refractivity contribution in [1.82, 2.24) is 10.2 Å². The molecule has 0 radical (unpaired) electrons. The summed E-state index contributed by atoms with van der Waals surface area (Å²) in [7, 11) is 0. The van der Waals surface area contributed by atoms with Crippen molar-refractivity contribution in [3.63, 3.8) is 0 Å². The topological polar surface area (TPSA) is 54.9 Å². The number of halogens is 1. The molecule has 4 nitrogen and oxygen atoms in total. The van der Waals surface area contributed by atoms with Gasteiger partial charge in [0.25, 0.3) is 5.91 Å². The lowest BCUT2D eigenvalue weighted by molar-refractivity contribution is 0.102. The summed E-state index contributed by atoms with van der Waals surface area (Å²) >= 11 is 8.89. The van der Waals surface area contributed by atoms with Crippen LogP contribution in [-0.2, 0) is 5.75 Å². The molecule has 3 aromatic rings. The van der Waals surface area contributed by atoms with Crippen LogP contribution in [0.5, 0.6) is 0 Å². The van der Waals surface area contributed by atoms with Crippen LogP contribution in [0.4, 0.5) is 5.13 Å². The van der Waals surface area contributed by atoms with Crippen molar-refractivity contribution < 1.29 is 4.79 Å². The summed E-state index contributed by atoms with van der Waals surface area (Å²) in [6, 6.07) is 15.1. The number of thioether (sulfide) groups is 1. The van der Waals surface area contributed by atoms with Gasteiger partial charge in [0.15, 0.2) is 4.34 Å². The van der Waals surface area contributed by atoms with Crippen LogP contribution in [0.25, 0.3) is 0 Å². The van der Waals surface area contributed by atoms with Crippen LogP contribution in [-0.4, -0.2) is 16.1 Å². The van der Waals surface area contributed by atoms with E-state index in [9.17, 15) is 4.79 Å². The number of amides is 1. The summed E-state index contributed by atoms with van der Waals surface area (Å²) in [5, 5.41) is 12.1. The molecule has 0 saturated carbocycles. The highest BCUT2D eigenvalue weighted by atomic mass is 35.5. The smallest absolute Gasteiger partial charge is 0.257 e. The van der Waals surface area contributed by atoms with Crippen molar-refractivity contribution in [2.24, 2.45) is 0 Å². The Labute approximate surface area is 153 Å². The molecule has 0 fully saturated rings. The Morgan fingerprint density at radius 3 is 2.75 bits per heavy atom. The number of nitrogens with one attached hydrogen (secondary N) is 1. The first-order chi connectivity index (χ1) is 11.6. The first-order valence-corrected chi connectivity index (χ1v) is 9.37. The van der Waals surface area contributed by atoms with E-state index in [4.69, 9.17) is 11.6 Å². The Morgan fingerprint density at radius 1 is 1.21 bits per heavy atom. The maximum Gasteiger partial charge on any atom is 0.257 e. The van der Waals surface area contributed by atoms with Gasteiger partial charge in [-0.25, -0.2) is 0 Å². The highest BCUT2D eigenvalue weighted by Crippen LogP contribution is 2.29. The van der Waals surface area contributed by atoms with E-state index >= 15 is 0 Å². The number of aromatic nitrogens is 2. The standard InChI is InChI=1S/C17H14ClN3OS2/c1-11-5-7-13(8-6-11)15(22)19-16-20-21-17(24-16)23-10-12-3-2-4-14(18)9-12/h2-9H,10H2,1H3,(H,19,20,22). The molecule has 122 valence electrons. The normalized spacial score (nSPS) is 10.6. The van der Waals surface area contributed by atoms with E-state index in [-0.39, 0.29) is 5.91 Å². The highest BCUT2D eigenvalue weighted by molar-refractivity contribution is 8.00. The van der Waals surface area contributed by atoms with Crippen LogP contribution in [0.3, 0.4) is 0 Å². The van der Waals surface area contributed by atoms with E-state index in [2.05, 4.69) is 15.5 Å². The Balaban J connectivity index is 1.59. The highest BCUT2D eigenvalue weighted by Gasteiger charge is 2.10. The summed E-state index contributed by atoms with van der Waals surface area (Å²) < 4.78 is 0.800. The first kappa shape index (κ1) is 17.0. The molecule has 0 spiro atoms. The number of nitrogens with zero attached hydrogens (tertiary/aromatic N) is 2. The SMILES string of the molecule is Cc1ccc(C(=O)Nc2nnc(SCc3cccc(Cl)c3)s2)cc1. The maximum atomic E-state index is 12.2. The molecule has 0 bridgehead atoms. The molecule has 1 aromatic heterocycles. The van der Waals surface area contributed by atoms with E-state index in [0.29, 0.717) is 10.7 Å². The number of hydrogen-bond acceptors (Lipinski definition) is 5.